The first-order valence-electron chi connectivity index (χ1n) is 8.04. The minimum Gasteiger partial charge on any atom is -0.482 e. The summed E-state index contributed by atoms with van der Waals surface area (Å²) in [6, 6.07) is 9.67. The van der Waals surface area contributed by atoms with Crippen LogP contribution in [-0.4, -0.2) is 30.6 Å². The quantitative estimate of drug-likeness (QED) is 0.858. The van der Waals surface area contributed by atoms with Crippen LogP contribution in [0.2, 0.25) is 0 Å². The van der Waals surface area contributed by atoms with Crippen molar-refractivity contribution in [2.24, 2.45) is 5.92 Å². The molecule has 3 rings (SSSR count). The summed E-state index contributed by atoms with van der Waals surface area (Å²) >= 11 is 0. The average molecular weight is 361 g/mol. The molecule has 0 bridgehead atoms. The molecule has 0 aliphatic heterocycles. The molecule has 1 aliphatic rings. The van der Waals surface area contributed by atoms with E-state index >= 15 is 0 Å². The van der Waals surface area contributed by atoms with Gasteiger partial charge in [-0.2, -0.15) is 0 Å². The Hall–Kier alpha value is -2.96. The second-order valence-corrected chi connectivity index (χ2v) is 6.19. The van der Waals surface area contributed by atoms with Crippen LogP contribution in [0.4, 0.5) is 14.5 Å². The molecule has 0 aromatic heterocycles. The molecule has 1 amide bonds. The van der Waals surface area contributed by atoms with Crippen LogP contribution in [-0.2, 0) is 9.59 Å². The number of nitrogens with zero attached hydrogens (tertiary/aromatic N) is 1. The number of anilines is 1. The van der Waals surface area contributed by atoms with E-state index in [1.54, 1.807) is 31.3 Å². The molecule has 7 heteroatoms. The van der Waals surface area contributed by atoms with Crippen molar-refractivity contribution in [3.63, 3.8) is 0 Å². The standard InChI is InChI=1S/C19H17F2NO4/c1-22(12-3-5-13(6-4-12)26-10-18(23)24)19(25)16-9-14(16)15-8-11(20)2-7-17(15)21/h2-8,14,16H,9-10H2,1H3,(H,23,24). The zero-order valence-electron chi connectivity index (χ0n) is 14.0. The summed E-state index contributed by atoms with van der Waals surface area (Å²) in [5.41, 5.74) is 0.831. The SMILES string of the molecule is CN(C(=O)C1CC1c1cc(F)ccc1F)c1ccc(OCC(=O)O)cc1. The van der Waals surface area contributed by atoms with Gasteiger partial charge in [-0.05, 0) is 60.4 Å². The molecule has 1 saturated carbocycles. The molecule has 26 heavy (non-hydrogen) atoms. The van der Waals surface area contributed by atoms with Crippen LogP contribution in [0.1, 0.15) is 17.9 Å². The monoisotopic (exact) mass is 361 g/mol. The molecule has 1 fully saturated rings. The summed E-state index contributed by atoms with van der Waals surface area (Å²) in [4.78, 5) is 24.5. The summed E-state index contributed by atoms with van der Waals surface area (Å²) in [5.74, 6) is -2.62. The lowest BCUT2D eigenvalue weighted by Crippen LogP contribution is -2.28. The highest BCUT2D eigenvalue weighted by molar-refractivity contribution is 5.97. The number of rotatable bonds is 6. The fraction of sp³-hybridized carbons (Fsp3) is 0.263. The van der Waals surface area contributed by atoms with E-state index in [1.807, 2.05) is 0 Å². The normalized spacial score (nSPS) is 18.3. The molecule has 1 N–H and O–H groups in total. The first-order chi connectivity index (χ1) is 12.4. The number of hydrogen-bond acceptors (Lipinski definition) is 3. The van der Waals surface area contributed by atoms with E-state index in [4.69, 9.17) is 9.84 Å². The number of carbonyl (C=O) groups excluding carboxylic acids is 1. The number of hydrogen-bond donors (Lipinski definition) is 1. The molecule has 5 nitrogen and oxygen atoms in total. The number of carboxylic acid groups (broad SMARTS) is 1. The molecule has 2 aromatic carbocycles. The largest absolute Gasteiger partial charge is 0.482 e. The van der Waals surface area contributed by atoms with Crippen LogP contribution >= 0.6 is 0 Å². The summed E-state index contributed by atoms with van der Waals surface area (Å²) < 4.78 is 32.2. The Balaban J connectivity index is 1.65. The van der Waals surface area contributed by atoms with Crippen LogP contribution in [0.5, 0.6) is 5.75 Å². The lowest BCUT2D eigenvalue weighted by molar-refractivity contribution is -0.139. The van der Waals surface area contributed by atoms with E-state index < -0.39 is 24.2 Å². The zero-order chi connectivity index (χ0) is 18.8. The number of carboxylic acids is 1. The topological polar surface area (TPSA) is 66.8 Å². The zero-order valence-corrected chi connectivity index (χ0v) is 14.0. The highest BCUT2D eigenvalue weighted by atomic mass is 19.1. The number of ether oxygens (including phenoxy) is 1. The Bertz CT molecular complexity index is 838. The molecule has 0 heterocycles. The summed E-state index contributed by atoms with van der Waals surface area (Å²) in [6.07, 6.45) is 0.476. The molecule has 0 spiro atoms. The Morgan fingerprint density at radius 2 is 1.88 bits per heavy atom. The summed E-state index contributed by atoms with van der Waals surface area (Å²) in [6.45, 7) is -0.447. The van der Waals surface area contributed by atoms with E-state index in [-0.39, 0.29) is 23.3 Å². The minimum atomic E-state index is -1.08. The van der Waals surface area contributed by atoms with Gasteiger partial charge in [0.25, 0.3) is 0 Å². The summed E-state index contributed by atoms with van der Waals surface area (Å²) in [5, 5.41) is 8.59. The third-order valence-corrected chi connectivity index (χ3v) is 4.38. The Morgan fingerprint density at radius 3 is 2.54 bits per heavy atom. The molecule has 1 aliphatic carbocycles. The van der Waals surface area contributed by atoms with Gasteiger partial charge >= 0.3 is 5.97 Å². The first-order valence-corrected chi connectivity index (χ1v) is 8.04. The van der Waals surface area contributed by atoms with Gasteiger partial charge in [0.15, 0.2) is 6.61 Å². The number of aliphatic carboxylic acids is 1. The molecular weight excluding hydrogens is 344 g/mol. The summed E-state index contributed by atoms with van der Waals surface area (Å²) in [7, 11) is 1.60. The van der Waals surface area contributed by atoms with Crippen molar-refractivity contribution < 1.29 is 28.2 Å². The third-order valence-electron chi connectivity index (χ3n) is 4.38. The predicted molar refractivity (Wildman–Crippen MR) is 90.2 cm³/mol. The van der Waals surface area contributed by atoms with Gasteiger partial charge in [0.2, 0.25) is 5.91 Å². The molecule has 0 saturated heterocycles. The van der Waals surface area contributed by atoms with Gasteiger partial charge in [0.05, 0.1) is 0 Å². The van der Waals surface area contributed by atoms with E-state index in [2.05, 4.69) is 0 Å². The molecule has 136 valence electrons. The molecule has 0 radical (unpaired) electrons. The molecular formula is C19H17F2NO4. The fourth-order valence-corrected chi connectivity index (χ4v) is 2.90. The van der Waals surface area contributed by atoms with Crippen molar-refractivity contribution in [3.05, 3.63) is 59.7 Å². The van der Waals surface area contributed by atoms with E-state index in [1.165, 1.54) is 4.90 Å². The maximum Gasteiger partial charge on any atom is 0.341 e. The van der Waals surface area contributed by atoms with Gasteiger partial charge in [-0.25, -0.2) is 13.6 Å². The van der Waals surface area contributed by atoms with Crippen LogP contribution in [0.3, 0.4) is 0 Å². The Kier molecular flexibility index (Phi) is 4.88. The highest BCUT2D eigenvalue weighted by Crippen LogP contribution is 2.49. The number of halogens is 2. The van der Waals surface area contributed by atoms with Crippen LogP contribution < -0.4 is 9.64 Å². The first kappa shape index (κ1) is 17.8. The Labute approximate surface area is 148 Å². The lowest BCUT2D eigenvalue weighted by atomic mass is 10.1. The van der Waals surface area contributed by atoms with Crippen molar-refractivity contribution in [2.75, 3.05) is 18.6 Å². The maximum atomic E-state index is 13.8. The van der Waals surface area contributed by atoms with E-state index in [0.717, 1.165) is 18.2 Å². The van der Waals surface area contributed by atoms with Crippen molar-refractivity contribution in [2.45, 2.75) is 12.3 Å². The second-order valence-electron chi connectivity index (χ2n) is 6.19. The third kappa shape index (κ3) is 3.82. The van der Waals surface area contributed by atoms with Crippen LogP contribution in [0.15, 0.2) is 42.5 Å². The van der Waals surface area contributed by atoms with Gasteiger partial charge in [-0.15, -0.1) is 0 Å². The molecule has 2 unspecified atom stereocenters. The number of amides is 1. The fourth-order valence-electron chi connectivity index (χ4n) is 2.90. The smallest absolute Gasteiger partial charge is 0.341 e. The van der Waals surface area contributed by atoms with Crippen molar-refractivity contribution >= 4 is 17.6 Å². The van der Waals surface area contributed by atoms with Gasteiger partial charge in [0.1, 0.15) is 17.4 Å². The lowest BCUT2D eigenvalue weighted by Gasteiger charge is -2.18. The second kappa shape index (κ2) is 7.11. The van der Waals surface area contributed by atoms with E-state index in [0.29, 0.717) is 17.9 Å². The highest BCUT2D eigenvalue weighted by Gasteiger charge is 2.46. The van der Waals surface area contributed by atoms with Gasteiger partial charge in [-0.1, -0.05) is 0 Å². The van der Waals surface area contributed by atoms with E-state index in [9.17, 15) is 18.4 Å². The van der Waals surface area contributed by atoms with Gasteiger partial charge < -0.3 is 14.7 Å². The maximum absolute atomic E-state index is 13.8. The van der Waals surface area contributed by atoms with Gasteiger partial charge in [-0.3, -0.25) is 4.79 Å². The van der Waals surface area contributed by atoms with Crippen molar-refractivity contribution in [3.8, 4) is 5.75 Å². The molecule has 2 atom stereocenters. The number of carbonyl (C=O) groups is 2. The molecule has 2 aromatic rings. The predicted octanol–water partition coefficient (Wildman–Crippen LogP) is 3.19. The number of benzene rings is 2. The van der Waals surface area contributed by atoms with Crippen molar-refractivity contribution in [1.29, 1.82) is 0 Å². The van der Waals surface area contributed by atoms with Crippen molar-refractivity contribution in [1.82, 2.24) is 0 Å². The minimum absolute atomic E-state index is 0.183. The average Bonchev–Trinajstić information content (AvgIpc) is 3.41. The Morgan fingerprint density at radius 1 is 1.19 bits per heavy atom. The van der Waals surface area contributed by atoms with Crippen LogP contribution in [0.25, 0.3) is 0 Å². The van der Waals surface area contributed by atoms with Crippen LogP contribution in [0, 0.1) is 17.6 Å². The van der Waals surface area contributed by atoms with Gasteiger partial charge in [0, 0.05) is 18.7 Å².